The van der Waals surface area contributed by atoms with Crippen molar-refractivity contribution in [3.8, 4) is 0 Å². The van der Waals surface area contributed by atoms with Crippen LogP contribution >= 0.6 is 0 Å². The van der Waals surface area contributed by atoms with Crippen LogP contribution in [0.4, 0.5) is 0 Å². The van der Waals surface area contributed by atoms with Crippen LogP contribution in [0.3, 0.4) is 0 Å². The van der Waals surface area contributed by atoms with Gasteiger partial charge in [0.15, 0.2) is 0 Å². The van der Waals surface area contributed by atoms with Gasteiger partial charge in [0.05, 0.1) is 12.7 Å². The van der Waals surface area contributed by atoms with Gasteiger partial charge in [-0.3, -0.25) is 4.79 Å². The average Bonchev–Trinajstić information content (AvgIpc) is 3.05. The van der Waals surface area contributed by atoms with Crippen molar-refractivity contribution in [3.05, 3.63) is 17.8 Å². The zero-order chi connectivity index (χ0) is 15.2. The second kappa shape index (κ2) is 7.56. The molecule has 0 unspecified atom stereocenters. The van der Waals surface area contributed by atoms with Crippen LogP contribution in [0, 0.1) is 6.92 Å². The number of aryl methyl sites for hydroxylation is 1. The largest absolute Gasteiger partial charge is 0.444 e. The molecule has 1 fully saturated rings. The van der Waals surface area contributed by atoms with Gasteiger partial charge in [-0.25, -0.2) is 4.98 Å². The van der Waals surface area contributed by atoms with Crippen molar-refractivity contribution in [2.45, 2.75) is 39.3 Å². The fourth-order valence-electron chi connectivity index (χ4n) is 2.82. The van der Waals surface area contributed by atoms with Crippen LogP contribution in [0.15, 0.2) is 10.6 Å². The predicted octanol–water partition coefficient (Wildman–Crippen LogP) is 1.44. The minimum absolute atomic E-state index is 0.0783. The lowest BCUT2D eigenvalue weighted by atomic mass is 10.2. The van der Waals surface area contributed by atoms with E-state index in [1.54, 1.807) is 20.2 Å². The highest BCUT2D eigenvalue weighted by Gasteiger charge is 2.29. The van der Waals surface area contributed by atoms with E-state index in [1.807, 2.05) is 11.8 Å². The van der Waals surface area contributed by atoms with Crippen LogP contribution in [0.5, 0.6) is 0 Å². The first-order valence-electron chi connectivity index (χ1n) is 7.50. The van der Waals surface area contributed by atoms with Crippen LogP contribution < -0.4 is 0 Å². The summed E-state index contributed by atoms with van der Waals surface area (Å²) < 4.78 is 10.6. The predicted molar refractivity (Wildman–Crippen MR) is 78.8 cm³/mol. The summed E-state index contributed by atoms with van der Waals surface area (Å²) in [6.45, 7) is 7.69. The van der Waals surface area contributed by atoms with Crippen LogP contribution in [0.25, 0.3) is 0 Å². The molecule has 1 amide bonds. The van der Waals surface area contributed by atoms with E-state index in [1.165, 1.54) is 0 Å². The van der Waals surface area contributed by atoms with Gasteiger partial charge in [0.1, 0.15) is 5.76 Å². The van der Waals surface area contributed by atoms with Crippen molar-refractivity contribution < 1.29 is 13.9 Å². The van der Waals surface area contributed by atoms with Gasteiger partial charge in [-0.1, -0.05) is 0 Å². The number of hydrogen-bond donors (Lipinski definition) is 0. The van der Waals surface area contributed by atoms with Gasteiger partial charge < -0.3 is 19.0 Å². The lowest BCUT2D eigenvalue weighted by Gasteiger charge is -2.27. The second-order valence-corrected chi connectivity index (χ2v) is 5.60. The van der Waals surface area contributed by atoms with Crippen molar-refractivity contribution in [1.29, 1.82) is 0 Å². The molecule has 6 heteroatoms. The molecule has 1 saturated heterocycles. The molecule has 1 atom stereocenters. The van der Waals surface area contributed by atoms with E-state index in [9.17, 15) is 4.79 Å². The summed E-state index contributed by atoms with van der Waals surface area (Å²) in [5.41, 5.74) is 0. The lowest BCUT2D eigenvalue weighted by Crippen LogP contribution is -2.40. The summed E-state index contributed by atoms with van der Waals surface area (Å²) >= 11 is 0. The molecule has 1 aromatic heterocycles. The monoisotopic (exact) mass is 295 g/mol. The van der Waals surface area contributed by atoms with E-state index >= 15 is 0 Å². The number of amides is 1. The quantitative estimate of drug-likeness (QED) is 0.712. The molecule has 6 nitrogen and oxygen atoms in total. The van der Waals surface area contributed by atoms with Crippen LogP contribution in [0.2, 0.25) is 0 Å². The Bertz CT molecular complexity index is 461. The summed E-state index contributed by atoms with van der Waals surface area (Å²) in [7, 11) is 1.72. The van der Waals surface area contributed by atoms with Gasteiger partial charge in [-0.05, 0) is 19.8 Å². The number of rotatable bonds is 7. The highest BCUT2D eigenvalue weighted by atomic mass is 16.5. The Morgan fingerprint density at radius 1 is 1.62 bits per heavy atom. The molecule has 2 rings (SSSR count). The average molecular weight is 295 g/mol. The number of carbonyl (C=O) groups excluding carboxylic acids is 1. The molecule has 0 radical (unpaired) electrons. The molecule has 1 aromatic rings. The molecule has 118 valence electrons. The highest BCUT2D eigenvalue weighted by molar-refractivity contribution is 5.73. The second-order valence-electron chi connectivity index (χ2n) is 5.60. The maximum Gasteiger partial charge on any atom is 0.220 e. The van der Waals surface area contributed by atoms with Gasteiger partial charge >= 0.3 is 0 Å². The number of carbonyl (C=O) groups is 1. The molecule has 21 heavy (non-hydrogen) atoms. The van der Waals surface area contributed by atoms with E-state index in [0.29, 0.717) is 12.4 Å². The normalized spacial score (nSPS) is 19.1. The zero-order valence-corrected chi connectivity index (χ0v) is 13.2. The van der Waals surface area contributed by atoms with Crippen LogP contribution in [-0.2, 0) is 16.1 Å². The molecule has 0 bridgehead atoms. The Labute approximate surface area is 126 Å². The molecule has 0 saturated carbocycles. The minimum atomic E-state index is 0.0783. The molecular formula is C15H25N3O3. The molecule has 0 N–H and O–H groups in total. The Balaban J connectivity index is 1.89. The van der Waals surface area contributed by atoms with Crippen molar-refractivity contribution in [3.63, 3.8) is 0 Å². The number of methoxy groups -OCH3 is 1. The summed E-state index contributed by atoms with van der Waals surface area (Å²) in [5, 5.41) is 0. The van der Waals surface area contributed by atoms with Gasteiger partial charge in [-0.2, -0.15) is 0 Å². The van der Waals surface area contributed by atoms with Crippen molar-refractivity contribution in [1.82, 2.24) is 14.8 Å². The number of hydrogen-bond acceptors (Lipinski definition) is 5. The summed E-state index contributed by atoms with van der Waals surface area (Å²) in [6.07, 6.45) is 3.73. The maximum atomic E-state index is 11.9. The molecule has 2 heterocycles. The number of ether oxygens (including phenoxy) is 1. The Kier molecular flexibility index (Phi) is 5.76. The summed E-state index contributed by atoms with van der Waals surface area (Å²) in [5.74, 6) is 1.47. The van der Waals surface area contributed by atoms with Crippen molar-refractivity contribution in [2.75, 3.05) is 33.4 Å². The molecule has 0 spiro atoms. The van der Waals surface area contributed by atoms with Gasteiger partial charge in [0, 0.05) is 46.3 Å². The maximum absolute atomic E-state index is 11.9. The molecule has 0 aromatic carbocycles. The smallest absolute Gasteiger partial charge is 0.220 e. The SMILES string of the molecule is COCCCN1CC[C@H](N(Cc2ncc(C)o2)C(C)=O)C1. The fourth-order valence-corrected chi connectivity index (χ4v) is 2.82. The van der Waals surface area contributed by atoms with E-state index in [-0.39, 0.29) is 11.9 Å². The lowest BCUT2D eigenvalue weighted by molar-refractivity contribution is -0.132. The Hall–Kier alpha value is -1.40. The third-order valence-electron chi connectivity index (χ3n) is 3.89. The summed E-state index contributed by atoms with van der Waals surface area (Å²) in [6, 6.07) is 0.247. The van der Waals surface area contributed by atoms with Gasteiger partial charge in [0.25, 0.3) is 0 Å². The molecule has 0 aliphatic carbocycles. The zero-order valence-electron chi connectivity index (χ0n) is 13.2. The Morgan fingerprint density at radius 2 is 2.43 bits per heavy atom. The van der Waals surface area contributed by atoms with Crippen molar-refractivity contribution >= 4 is 5.91 Å². The third-order valence-corrected chi connectivity index (χ3v) is 3.89. The third kappa shape index (κ3) is 4.54. The van der Waals surface area contributed by atoms with E-state index in [4.69, 9.17) is 9.15 Å². The van der Waals surface area contributed by atoms with Crippen molar-refractivity contribution in [2.24, 2.45) is 0 Å². The minimum Gasteiger partial charge on any atom is -0.444 e. The van der Waals surface area contributed by atoms with E-state index < -0.39 is 0 Å². The first-order chi connectivity index (χ1) is 10.1. The number of aromatic nitrogens is 1. The number of oxazole rings is 1. The molecule has 1 aliphatic heterocycles. The van der Waals surface area contributed by atoms with Crippen LogP contribution in [0.1, 0.15) is 31.4 Å². The fraction of sp³-hybridized carbons (Fsp3) is 0.733. The van der Waals surface area contributed by atoms with Crippen LogP contribution in [-0.4, -0.2) is 60.1 Å². The molecule has 1 aliphatic rings. The topological polar surface area (TPSA) is 58.8 Å². The number of likely N-dealkylation sites (tertiary alicyclic amines) is 1. The van der Waals surface area contributed by atoms with E-state index in [2.05, 4.69) is 9.88 Å². The Morgan fingerprint density at radius 3 is 3.05 bits per heavy atom. The van der Waals surface area contributed by atoms with Gasteiger partial charge in [-0.15, -0.1) is 0 Å². The van der Waals surface area contributed by atoms with E-state index in [0.717, 1.165) is 44.8 Å². The first kappa shape index (κ1) is 16.0. The van der Waals surface area contributed by atoms with Gasteiger partial charge in [0.2, 0.25) is 11.8 Å². The molecular weight excluding hydrogens is 270 g/mol. The number of nitrogens with zero attached hydrogens (tertiary/aromatic N) is 3. The standard InChI is InChI=1S/C15H25N3O3/c1-12-9-16-15(21-12)11-18(13(2)19)14-5-7-17(10-14)6-4-8-20-3/h9,14H,4-8,10-11H2,1-3H3/t14-/m0/s1. The first-order valence-corrected chi connectivity index (χ1v) is 7.50. The highest BCUT2D eigenvalue weighted by Crippen LogP contribution is 2.18. The summed E-state index contributed by atoms with van der Waals surface area (Å²) in [4.78, 5) is 20.4.